The molecule has 0 radical (unpaired) electrons. The van der Waals surface area contributed by atoms with Gasteiger partial charge in [-0.2, -0.15) is 0 Å². The van der Waals surface area contributed by atoms with Crippen LogP contribution in [0.5, 0.6) is 0 Å². The van der Waals surface area contributed by atoms with Gasteiger partial charge in [0.05, 0.1) is 5.41 Å². The number of esters is 3. The molecule has 39 heavy (non-hydrogen) atoms. The van der Waals surface area contributed by atoms with Crippen LogP contribution in [-0.2, 0) is 44.3 Å². The van der Waals surface area contributed by atoms with E-state index in [1.165, 1.54) is 0 Å². The number of benzene rings is 1. The van der Waals surface area contributed by atoms with Crippen molar-refractivity contribution >= 4 is 32.0 Å². The van der Waals surface area contributed by atoms with Gasteiger partial charge in [0.15, 0.2) is 0 Å². The van der Waals surface area contributed by atoms with Crippen molar-refractivity contribution in [2.24, 2.45) is 5.41 Å². The van der Waals surface area contributed by atoms with Crippen LogP contribution in [0.4, 0.5) is 4.79 Å². The number of hydrogen-bond donors (Lipinski definition) is 2. The molecule has 0 saturated carbocycles. The van der Waals surface area contributed by atoms with Gasteiger partial charge in [-0.3, -0.25) is 18.7 Å². The Morgan fingerprint density at radius 3 is 2.46 bits per heavy atom. The first-order valence-corrected chi connectivity index (χ1v) is 14.9. The highest BCUT2D eigenvalue weighted by atomic mass is 31.1. The minimum absolute atomic E-state index is 0.205. The predicted molar refractivity (Wildman–Crippen MR) is 144 cm³/mol. The van der Waals surface area contributed by atoms with Gasteiger partial charge in [0.25, 0.3) is 0 Å². The van der Waals surface area contributed by atoms with E-state index in [9.17, 15) is 23.7 Å². The highest BCUT2D eigenvalue weighted by molar-refractivity contribution is 7.40. The molecule has 0 bridgehead atoms. The van der Waals surface area contributed by atoms with Crippen molar-refractivity contribution in [3.8, 4) is 0 Å². The maximum absolute atomic E-state index is 12.5. The molecule has 1 amide bonds. The summed E-state index contributed by atoms with van der Waals surface area (Å²) in [5.74, 6) is -2.15. The van der Waals surface area contributed by atoms with E-state index in [0.29, 0.717) is 25.9 Å². The molecule has 2 unspecified atom stereocenters. The van der Waals surface area contributed by atoms with Crippen LogP contribution in [0.15, 0.2) is 30.3 Å². The predicted octanol–water partition coefficient (Wildman–Crippen LogP) is 4.09. The minimum Gasteiger partial charge on any atom is -0.445 e. The molecule has 2 N–H and O–H groups in total. The Morgan fingerprint density at radius 1 is 1.08 bits per heavy atom. The van der Waals surface area contributed by atoms with Crippen molar-refractivity contribution in [1.82, 2.24) is 10.6 Å². The second kappa shape index (κ2) is 17.0. The molecule has 1 aromatic carbocycles. The molecule has 1 aromatic rings. The fourth-order valence-corrected chi connectivity index (χ4v) is 4.45. The van der Waals surface area contributed by atoms with E-state index in [1.54, 1.807) is 20.8 Å². The van der Waals surface area contributed by atoms with Gasteiger partial charge in [0.2, 0.25) is 14.3 Å². The van der Waals surface area contributed by atoms with Crippen molar-refractivity contribution < 1.29 is 42.5 Å². The van der Waals surface area contributed by atoms with Gasteiger partial charge >= 0.3 is 24.0 Å². The smallest absolute Gasteiger partial charge is 0.407 e. The quantitative estimate of drug-likeness (QED) is 0.0792. The van der Waals surface area contributed by atoms with Crippen LogP contribution < -0.4 is 10.6 Å². The lowest BCUT2D eigenvalue weighted by molar-refractivity contribution is -0.173. The largest absolute Gasteiger partial charge is 0.445 e. The Balaban J connectivity index is 1.68. The summed E-state index contributed by atoms with van der Waals surface area (Å²) in [6.07, 6.45) is 2.39. The Bertz CT molecular complexity index is 960. The number of ether oxygens (including phenoxy) is 3. The lowest BCUT2D eigenvalue weighted by atomic mass is 9.97. The molecular weight excluding hydrogens is 527 g/mol. The molecule has 3 atom stereocenters. The second-order valence-electron chi connectivity index (χ2n) is 10.4. The second-order valence-corrected chi connectivity index (χ2v) is 11.7. The van der Waals surface area contributed by atoms with Crippen LogP contribution in [0.2, 0.25) is 0 Å². The third-order valence-electron chi connectivity index (χ3n) is 5.81. The summed E-state index contributed by atoms with van der Waals surface area (Å²) in [6.45, 7) is 6.40. The SMILES string of the molecule is CC(C)(C)C(=O)OC(CCCCCCNC(=O)OCc1ccccc1)O[PH](=O)CC(=O)OC(=O)[C@@H]1CCCN1. The van der Waals surface area contributed by atoms with E-state index in [0.717, 1.165) is 31.2 Å². The highest BCUT2D eigenvalue weighted by Crippen LogP contribution is 2.29. The normalized spacial score (nSPS) is 16.6. The third kappa shape index (κ3) is 13.7. The number of carbonyl (C=O) groups excluding carboxylic acids is 4. The average Bonchev–Trinajstić information content (AvgIpc) is 3.42. The highest BCUT2D eigenvalue weighted by Gasteiger charge is 2.29. The van der Waals surface area contributed by atoms with Crippen LogP contribution in [0.1, 0.15) is 71.3 Å². The monoisotopic (exact) mass is 568 g/mol. The van der Waals surface area contributed by atoms with E-state index >= 15 is 0 Å². The maximum Gasteiger partial charge on any atom is 0.407 e. The summed E-state index contributed by atoms with van der Waals surface area (Å²) in [7, 11) is -2.97. The summed E-state index contributed by atoms with van der Waals surface area (Å²) >= 11 is 0. The van der Waals surface area contributed by atoms with E-state index < -0.39 is 55.9 Å². The Kier molecular flexibility index (Phi) is 14.2. The number of rotatable bonds is 15. The van der Waals surface area contributed by atoms with Gasteiger partial charge in [0.1, 0.15) is 18.8 Å². The summed E-state index contributed by atoms with van der Waals surface area (Å²) in [6, 6.07) is 8.86. The number of hydrogen-bond acceptors (Lipinski definition) is 10. The zero-order valence-corrected chi connectivity index (χ0v) is 24.0. The van der Waals surface area contributed by atoms with E-state index in [1.807, 2.05) is 30.3 Å². The van der Waals surface area contributed by atoms with Crippen LogP contribution >= 0.6 is 8.03 Å². The van der Waals surface area contributed by atoms with Gasteiger partial charge in [-0.05, 0) is 58.6 Å². The molecule has 11 nitrogen and oxygen atoms in total. The van der Waals surface area contributed by atoms with Gasteiger partial charge in [-0.15, -0.1) is 0 Å². The topological polar surface area (TPSA) is 146 Å². The van der Waals surface area contributed by atoms with Gasteiger partial charge in [0, 0.05) is 13.0 Å². The van der Waals surface area contributed by atoms with Gasteiger partial charge in [-0.25, -0.2) is 9.59 Å². The maximum atomic E-state index is 12.5. The molecule has 1 fully saturated rings. The fourth-order valence-electron chi connectivity index (χ4n) is 3.60. The summed E-state index contributed by atoms with van der Waals surface area (Å²) < 4.78 is 33.2. The van der Waals surface area contributed by atoms with Crippen LogP contribution in [-0.4, -0.2) is 55.6 Å². The Morgan fingerprint density at radius 2 is 1.79 bits per heavy atom. The molecule has 1 saturated heterocycles. The van der Waals surface area contributed by atoms with E-state index in [-0.39, 0.29) is 13.0 Å². The third-order valence-corrected chi connectivity index (χ3v) is 6.91. The standard InChI is InChI=1S/C27H41N2O9P/c1-27(2,3)25(32)37-23(38-39(34)19-22(30)36-24(31)21-14-11-17-28-21)15-9-4-5-10-16-29-26(33)35-18-20-12-7-6-8-13-20/h6-8,12-13,21,23,28,39H,4-5,9-11,14-19H2,1-3H3,(H,29,33)/t21-,23?/m0/s1. The number of nitrogens with one attached hydrogen (secondary N) is 2. The number of unbranched alkanes of at least 4 members (excludes halogenated alkanes) is 3. The van der Waals surface area contributed by atoms with Crippen LogP contribution in [0, 0.1) is 5.41 Å². The number of alkyl carbamates (subject to hydrolysis) is 1. The lowest BCUT2D eigenvalue weighted by Crippen LogP contribution is -2.34. The van der Waals surface area contributed by atoms with Gasteiger partial charge < -0.3 is 24.8 Å². The molecule has 218 valence electrons. The lowest BCUT2D eigenvalue weighted by Gasteiger charge is -2.23. The van der Waals surface area contributed by atoms with E-state index in [2.05, 4.69) is 10.6 Å². The molecule has 0 spiro atoms. The Hall–Kier alpha value is -2.75. The van der Waals surface area contributed by atoms with Crippen molar-refractivity contribution in [1.29, 1.82) is 0 Å². The van der Waals surface area contributed by atoms with Crippen molar-refractivity contribution in [3.63, 3.8) is 0 Å². The molecule has 1 aliphatic rings. The van der Waals surface area contributed by atoms with E-state index in [4.69, 9.17) is 18.7 Å². The molecular formula is C27H41N2O9P. The van der Waals surface area contributed by atoms with Gasteiger partial charge in [-0.1, -0.05) is 43.2 Å². The minimum atomic E-state index is -2.97. The fraction of sp³-hybridized carbons (Fsp3) is 0.630. The number of carbonyl (C=O) groups is 4. The number of amides is 1. The first-order chi connectivity index (χ1) is 18.5. The molecule has 0 aliphatic carbocycles. The summed E-state index contributed by atoms with van der Waals surface area (Å²) in [5.41, 5.74) is 0.114. The van der Waals surface area contributed by atoms with Crippen LogP contribution in [0.3, 0.4) is 0 Å². The zero-order chi connectivity index (χ0) is 28.7. The molecule has 1 heterocycles. The Labute approximate surface area is 230 Å². The molecule has 2 rings (SSSR count). The summed E-state index contributed by atoms with van der Waals surface area (Å²) in [5, 5.41) is 5.64. The zero-order valence-electron chi connectivity index (χ0n) is 23.0. The first kappa shape index (κ1) is 32.5. The van der Waals surface area contributed by atoms with Crippen molar-refractivity contribution in [2.45, 2.75) is 84.7 Å². The first-order valence-electron chi connectivity index (χ1n) is 13.4. The molecule has 1 aliphatic heterocycles. The van der Waals surface area contributed by atoms with Crippen molar-refractivity contribution in [2.75, 3.05) is 19.3 Å². The molecule has 12 heteroatoms. The summed E-state index contributed by atoms with van der Waals surface area (Å²) in [4.78, 5) is 48.2. The molecule has 0 aromatic heterocycles. The van der Waals surface area contributed by atoms with Crippen molar-refractivity contribution in [3.05, 3.63) is 35.9 Å². The van der Waals surface area contributed by atoms with Crippen LogP contribution in [0.25, 0.3) is 0 Å². The average molecular weight is 569 g/mol.